The molecule has 2 bridgehead atoms. The molecule has 0 radical (unpaired) electrons. The molecule has 4 heterocycles. The fourth-order valence-corrected chi connectivity index (χ4v) is 5.65. The average molecular weight is 487 g/mol. The highest BCUT2D eigenvalue weighted by atomic mass is 16.2. The Morgan fingerprint density at radius 3 is 2.50 bits per heavy atom. The van der Waals surface area contributed by atoms with E-state index in [-0.39, 0.29) is 23.7 Å². The van der Waals surface area contributed by atoms with Crippen molar-refractivity contribution < 1.29 is 9.59 Å². The predicted octanol–water partition coefficient (Wildman–Crippen LogP) is 2.86. The molecule has 6 rings (SSSR count). The molecule has 186 valence electrons. The van der Waals surface area contributed by atoms with Gasteiger partial charge in [-0.05, 0) is 62.1 Å². The Morgan fingerprint density at radius 1 is 1.03 bits per heavy atom. The lowest BCUT2D eigenvalue weighted by Crippen LogP contribution is -2.55. The van der Waals surface area contributed by atoms with Crippen molar-refractivity contribution in [2.75, 3.05) is 10.2 Å². The Bertz CT molecular complexity index is 1300. The zero-order valence-electron chi connectivity index (χ0n) is 20.2. The van der Waals surface area contributed by atoms with Crippen LogP contribution in [0.4, 0.5) is 17.3 Å². The third-order valence-corrected chi connectivity index (χ3v) is 7.59. The number of aromatic nitrogens is 4. The molecule has 0 spiro atoms. The summed E-state index contributed by atoms with van der Waals surface area (Å²) in [7, 11) is 1.81. The summed E-state index contributed by atoms with van der Waals surface area (Å²) in [5.74, 6) is 0.951. The maximum absolute atomic E-state index is 13.1. The van der Waals surface area contributed by atoms with Crippen LogP contribution in [0, 0.1) is 0 Å². The van der Waals surface area contributed by atoms with Crippen LogP contribution in [0.3, 0.4) is 0 Å². The standard InChI is InChI=1S/C26H30N8O2/c1-33-14-18(12-29-33)30-25-23(24(27)35)28-13-22(32-25)34-19-8-10-20(21(34)11-9-19)31-26(36)17-6-4-16(5-7-17)15-2-3-15/h4-7,12-15,19-21H,2-3,8-11H2,1H3,(H2,27,35)(H,30,32)(H,31,36). The molecule has 3 unspecified atom stereocenters. The van der Waals surface area contributed by atoms with Crippen LogP contribution in [0.2, 0.25) is 0 Å². The molecule has 1 aliphatic carbocycles. The van der Waals surface area contributed by atoms with Gasteiger partial charge in [-0.1, -0.05) is 12.1 Å². The van der Waals surface area contributed by atoms with Crippen molar-refractivity contribution in [3.8, 4) is 0 Å². The van der Waals surface area contributed by atoms with Crippen molar-refractivity contribution in [3.63, 3.8) is 0 Å². The summed E-state index contributed by atoms with van der Waals surface area (Å²) in [5, 5.41) is 10.6. The Kier molecular flexibility index (Phi) is 5.58. The maximum atomic E-state index is 13.1. The number of nitrogens with one attached hydrogen (secondary N) is 2. The molecular formula is C26H30N8O2. The van der Waals surface area contributed by atoms with Gasteiger partial charge in [0.05, 0.1) is 24.1 Å². The van der Waals surface area contributed by atoms with Crippen LogP contribution in [0.15, 0.2) is 42.9 Å². The molecule has 10 heteroatoms. The van der Waals surface area contributed by atoms with Crippen LogP contribution in [0.1, 0.15) is 70.9 Å². The van der Waals surface area contributed by atoms with Gasteiger partial charge in [-0.2, -0.15) is 5.10 Å². The van der Waals surface area contributed by atoms with Crippen molar-refractivity contribution in [1.82, 2.24) is 25.1 Å². The first kappa shape index (κ1) is 22.5. The Labute approximate surface area is 209 Å². The van der Waals surface area contributed by atoms with E-state index in [4.69, 9.17) is 10.7 Å². The monoisotopic (exact) mass is 486 g/mol. The second-order valence-corrected chi connectivity index (χ2v) is 10.1. The molecule has 1 aromatic carbocycles. The van der Waals surface area contributed by atoms with Crippen molar-refractivity contribution in [2.24, 2.45) is 12.8 Å². The van der Waals surface area contributed by atoms with Crippen LogP contribution >= 0.6 is 0 Å². The summed E-state index contributed by atoms with van der Waals surface area (Å²) in [6.45, 7) is 0. The minimum atomic E-state index is -0.653. The number of aryl methyl sites for hydroxylation is 1. The lowest BCUT2D eigenvalue weighted by molar-refractivity contribution is 0.0923. The molecule has 4 N–H and O–H groups in total. The lowest BCUT2D eigenvalue weighted by Gasteiger charge is -2.41. The number of nitrogens with two attached hydrogens (primary N) is 1. The van der Waals surface area contributed by atoms with Crippen LogP contribution < -0.4 is 21.3 Å². The first-order valence-electron chi connectivity index (χ1n) is 12.6. The smallest absolute Gasteiger partial charge is 0.271 e. The second kappa shape index (κ2) is 8.92. The van der Waals surface area contributed by atoms with Gasteiger partial charge in [0.2, 0.25) is 0 Å². The molecule has 3 aliphatic rings. The fraction of sp³-hybridized carbons (Fsp3) is 0.423. The second-order valence-electron chi connectivity index (χ2n) is 10.1. The summed E-state index contributed by atoms with van der Waals surface area (Å²) < 4.78 is 1.65. The van der Waals surface area contributed by atoms with E-state index in [1.54, 1.807) is 23.3 Å². The summed E-state index contributed by atoms with van der Waals surface area (Å²) in [6, 6.07) is 8.47. The number of hydrogen-bond acceptors (Lipinski definition) is 7. The number of carbonyl (C=O) groups is 2. The third kappa shape index (κ3) is 4.27. The van der Waals surface area contributed by atoms with Gasteiger partial charge in [-0.25, -0.2) is 9.97 Å². The van der Waals surface area contributed by atoms with E-state index in [2.05, 4.69) is 37.7 Å². The largest absolute Gasteiger partial charge is 0.364 e. The highest BCUT2D eigenvalue weighted by Crippen LogP contribution is 2.41. The van der Waals surface area contributed by atoms with Crippen LogP contribution in [0.25, 0.3) is 0 Å². The molecule has 10 nitrogen and oxygen atoms in total. The molecule has 2 amide bonds. The van der Waals surface area contributed by atoms with Gasteiger partial charge in [0, 0.05) is 30.9 Å². The van der Waals surface area contributed by atoms with Gasteiger partial charge in [-0.15, -0.1) is 0 Å². The number of carbonyl (C=O) groups excluding carboxylic acids is 2. The van der Waals surface area contributed by atoms with Gasteiger partial charge in [-0.3, -0.25) is 14.3 Å². The zero-order chi connectivity index (χ0) is 24.8. The molecule has 3 aromatic rings. The van der Waals surface area contributed by atoms with Crippen LogP contribution in [-0.2, 0) is 7.05 Å². The molecule has 2 aromatic heterocycles. The van der Waals surface area contributed by atoms with Gasteiger partial charge in [0.25, 0.3) is 11.8 Å². The average Bonchev–Trinajstić information content (AvgIpc) is 3.57. The summed E-state index contributed by atoms with van der Waals surface area (Å²) in [6.07, 6.45) is 11.4. The highest BCUT2D eigenvalue weighted by Gasteiger charge is 2.44. The number of anilines is 3. The quantitative estimate of drug-likeness (QED) is 0.468. The van der Waals surface area contributed by atoms with E-state index in [0.29, 0.717) is 34.8 Å². The van der Waals surface area contributed by atoms with Crippen molar-refractivity contribution in [3.05, 3.63) is 59.7 Å². The van der Waals surface area contributed by atoms with Gasteiger partial charge >= 0.3 is 0 Å². The van der Waals surface area contributed by atoms with E-state index >= 15 is 0 Å². The number of benzene rings is 1. The summed E-state index contributed by atoms with van der Waals surface area (Å²) in [5.41, 5.74) is 8.34. The Morgan fingerprint density at radius 2 is 1.81 bits per heavy atom. The van der Waals surface area contributed by atoms with E-state index in [1.807, 2.05) is 19.2 Å². The maximum Gasteiger partial charge on any atom is 0.271 e. The normalized spacial score (nSPS) is 22.9. The van der Waals surface area contributed by atoms with Gasteiger partial charge in [0.1, 0.15) is 5.82 Å². The Balaban J connectivity index is 1.22. The number of piperidine rings is 1. The van der Waals surface area contributed by atoms with Crippen molar-refractivity contribution >= 4 is 29.1 Å². The number of rotatable bonds is 7. The number of nitrogens with zero attached hydrogens (tertiary/aromatic N) is 5. The van der Waals surface area contributed by atoms with E-state index < -0.39 is 5.91 Å². The SMILES string of the molecule is Cn1cc(Nc2nc(N3C4CCC(NC(=O)c5ccc(C6CC6)cc5)C3CC4)cnc2C(N)=O)cn1. The molecule has 2 saturated heterocycles. The minimum absolute atomic E-state index is 0.00621. The van der Waals surface area contributed by atoms with Crippen LogP contribution in [0.5, 0.6) is 0 Å². The molecule has 3 atom stereocenters. The van der Waals surface area contributed by atoms with E-state index in [1.165, 1.54) is 18.4 Å². The highest BCUT2D eigenvalue weighted by molar-refractivity contribution is 5.96. The van der Waals surface area contributed by atoms with Gasteiger partial charge in [0.15, 0.2) is 11.5 Å². The molecule has 3 fully saturated rings. The summed E-state index contributed by atoms with van der Waals surface area (Å²) >= 11 is 0. The third-order valence-electron chi connectivity index (χ3n) is 7.59. The lowest BCUT2D eigenvalue weighted by atomic mass is 9.96. The van der Waals surface area contributed by atoms with Crippen molar-refractivity contribution in [1.29, 1.82) is 0 Å². The minimum Gasteiger partial charge on any atom is -0.364 e. The number of amides is 2. The van der Waals surface area contributed by atoms with Gasteiger partial charge < -0.3 is 21.3 Å². The molecule has 1 saturated carbocycles. The predicted molar refractivity (Wildman–Crippen MR) is 135 cm³/mol. The van der Waals surface area contributed by atoms with E-state index in [9.17, 15) is 9.59 Å². The fourth-order valence-electron chi connectivity index (χ4n) is 5.65. The van der Waals surface area contributed by atoms with Crippen LogP contribution in [-0.4, -0.2) is 49.7 Å². The first-order valence-corrected chi connectivity index (χ1v) is 12.6. The summed E-state index contributed by atoms with van der Waals surface area (Å²) in [4.78, 5) is 36.5. The topological polar surface area (TPSA) is 131 Å². The number of primary amides is 1. The molecule has 36 heavy (non-hydrogen) atoms. The molecular weight excluding hydrogens is 456 g/mol. The first-order chi connectivity index (χ1) is 17.5. The number of fused-ring (bicyclic) bond motifs is 2. The Hall–Kier alpha value is -3.95. The number of hydrogen-bond donors (Lipinski definition) is 3. The zero-order valence-corrected chi connectivity index (χ0v) is 20.2. The van der Waals surface area contributed by atoms with Crippen molar-refractivity contribution in [2.45, 2.75) is 62.6 Å². The van der Waals surface area contributed by atoms with E-state index in [0.717, 1.165) is 25.7 Å². The molecule has 2 aliphatic heterocycles.